The molecule has 0 spiro atoms. The van der Waals surface area contributed by atoms with Crippen LogP contribution in [0.3, 0.4) is 0 Å². The van der Waals surface area contributed by atoms with E-state index in [9.17, 15) is 14.4 Å². The largest absolute Gasteiger partial charge is 0.469 e. The van der Waals surface area contributed by atoms with Gasteiger partial charge in [-0.05, 0) is 37.3 Å². The molecule has 0 bridgehead atoms. The van der Waals surface area contributed by atoms with E-state index in [1.165, 1.54) is 13.3 Å². The number of nitrogens with zero attached hydrogens (tertiary/aromatic N) is 4. The van der Waals surface area contributed by atoms with Gasteiger partial charge in [0.2, 0.25) is 11.4 Å². The highest BCUT2D eigenvalue weighted by Crippen LogP contribution is 2.40. The second-order valence-corrected chi connectivity index (χ2v) is 8.73. The summed E-state index contributed by atoms with van der Waals surface area (Å²) in [6, 6.07) is 7.10. The maximum atomic E-state index is 13.3. The van der Waals surface area contributed by atoms with Crippen LogP contribution in [-0.2, 0) is 16.1 Å². The molecular formula is C25H28ClN5O4. The van der Waals surface area contributed by atoms with Crippen molar-refractivity contribution in [1.29, 1.82) is 0 Å². The molecule has 10 heteroatoms. The van der Waals surface area contributed by atoms with Crippen molar-refractivity contribution in [2.75, 3.05) is 25.1 Å². The predicted octanol–water partition coefficient (Wildman–Crippen LogP) is 2.96. The molecule has 1 aliphatic heterocycles. The summed E-state index contributed by atoms with van der Waals surface area (Å²) in [5.41, 5.74) is 1.86. The predicted molar refractivity (Wildman–Crippen MR) is 134 cm³/mol. The molecule has 9 nitrogen and oxygen atoms in total. The Labute approximate surface area is 208 Å². The monoisotopic (exact) mass is 497 g/mol. The zero-order valence-corrected chi connectivity index (χ0v) is 20.5. The highest BCUT2D eigenvalue weighted by atomic mass is 35.5. The van der Waals surface area contributed by atoms with E-state index in [-0.39, 0.29) is 23.9 Å². The summed E-state index contributed by atoms with van der Waals surface area (Å²) in [5, 5.41) is 3.28. The number of carbonyl (C=O) groups excluding carboxylic acids is 2. The van der Waals surface area contributed by atoms with E-state index in [1.807, 2.05) is 35.8 Å². The summed E-state index contributed by atoms with van der Waals surface area (Å²) in [5.74, 6) is -0.662. The summed E-state index contributed by atoms with van der Waals surface area (Å²) in [6.07, 6.45) is 5.68. The van der Waals surface area contributed by atoms with Crippen LogP contribution in [0.25, 0.3) is 11.0 Å². The van der Waals surface area contributed by atoms with Crippen LogP contribution in [-0.4, -0.2) is 46.6 Å². The number of pyridine rings is 1. The number of carbonyl (C=O) groups is 2. The van der Waals surface area contributed by atoms with E-state index in [1.54, 1.807) is 6.20 Å². The Morgan fingerprint density at radius 2 is 1.89 bits per heavy atom. The molecule has 2 atom stereocenters. The minimum absolute atomic E-state index is 0. The lowest BCUT2D eigenvalue weighted by Crippen LogP contribution is -2.32. The highest BCUT2D eigenvalue weighted by Gasteiger charge is 2.37. The van der Waals surface area contributed by atoms with Crippen LogP contribution < -0.4 is 15.6 Å². The number of benzene rings is 1. The molecule has 3 heterocycles. The molecule has 184 valence electrons. The Kier molecular flexibility index (Phi) is 7.07. The molecule has 1 fully saturated rings. The molecule has 1 saturated heterocycles. The van der Waals surface area contributed by atoms with Crippen molar-refractivity contribution < 1.29 is 14.3 Å². The Morgan fingerprint density at radius 3 is 2.57 bits per heavy atom. The second-order valence-electron chi connectivity index (χ2n) is 8.73. The van der Waals surface area contributed by atoms with Crippen molar-refractivity contribution in [3.63, 3.8) is 0 Å². The summed E-state index contributed by atoms with van der Waals surface area (Å²) < 4.78 is 6.76. The maximum absolute atomic E-state index is 13.3. The average molecular weight is 498 g/mol. The van der Waals surface area contributed by atoms with Crippen LogP contribution in [0.4, 0.5) is 5.95 Å². The fraction of sp³-hybridized carbons (Fsp3) is 0.400. The number of anilines is 1. The van der Waals surface area contributed by atoms with E-state index < -0.39 is 23.3 Å². The molecular weight excluding hydrogens is 470 g/mol. The Hall–Kier alpha value is -3.46. The normalized spacial score (nSPS) is 18.7. The van der Waals surface area contributed by atoms with Crippen LogP contribution in [0, 0.1) is 0 Å². The van der Waals surface area contributed by atoms with Crippen LogP contribution in [0.15, 0.2) is 41.5 Å². The molecule has 2 aromatic heterocycles. The van der Waals surface area contributed by atoms with Gasteiger partial charge in [-0.25, -0.2) is 4.98 Å². The number of aryl methyl sites for hydroxylation is 1. The topological polar surface area (TPSA) is 106 Å². The van der Waals surface area contributed by atoms with Gasteiger partial charge in [0.15, 0.2) is 0 Å². The highest BCUT2D eigenvalue weighted by molar-refractivity contribution is 5.97. The van der Waals surface area contributed by atoms with E-state index in [0.717, 1.165) is 37.1 Å². The van der Waals surface area contributed by atoms with Crippen molar-refractivity contribution in [3.05, 3.63) is 63.6 Å². The lowest BCUT2D eigenvalue weighted by Gasteiger charge is -2.18. The van der Waals surface area contributed by atoms with Crippen molar-refractivity contribution in [3.8, 4) is 0 Å². The minimum atomic E-state index is -0.483. The summed E-state index contributed by atoms with van der Waals surface area (Å²) in [7, 11) is 1.36. The average Bonchev–Trinajstić information content (AvgIpc) is 3.53. The third-order valence-corrected chi connectivity index (χ3v) is 6.79. The molecule has 2 aliphatic rings. The van der Waals surface area contributed by atoms with Gasteiger partial charge < -0.3 is 19.5 Å². The first-order valence-electron chi connectivity index (χ1n) is 11.6. The molecule has 1 N–H and O–H groups in total. The standard InChI is InChI=1S/C25H27N5O4.ClH/c1-3-29-14-19(21(31)18-13-26-25(28-22(18)29)30-10-6-7-11-30)23(32)27-20-12-17(24(33)34-2)15-8-4-5-9-16(15)20;/h4-5,8-9,13-14,17,20H,3,6-7,10-12H2,1-2H3,(H,27,32);1H. The van der Waals surface area contributed by atoms with Crippen LogP contribution >= 0.6 is 12.4 Å². The molecule has 0 radical (unpaired) electrons. The number of methoxy groups -OCH3 is 1. The van der Waals surface area contributed by atoms with Crippen LogP contribution in [0.5, 0.6) is 0 Å². The zero-order valence-electron chi connectivity index (χ0n) is 19.7. The molecule has 2 unspecified atom stereocenters. The molecule has 5 rings (SSSR count). The first-order valence-corrected chi connectivity index (χ1v) is 11.6. The fourth-order valence-corrected chi connectivity index (χ4v) is 5.01. The number of nitrogens with one attached hydrogen (secondary N) is 1. The van der Waals surface area contributed by atoms with E-state index >= 15 is 0 Å². The van der Waals surface area contributed by atoms with Gasteiger partial charge in [0.05, 0.1) is 24.5 Å². The number of amides is 1. The van der Waals surface area contributed by atoms with E-state index in [4.69, 9.17) is 4.74 Å². The minimum Gasteiger partial charge on any atom is -0.469 e. The number of ether oxygens (including phenoxy) is 1. The first-order chi connectivity index (χ1) is 16.5. The van der Waals surface area contributed by atoms with Gasteiger partial charge in [0.1, 0.15) is 11.2 Å². The maximum Gasteiger partial charge on any atom is 0.313 e. The lowest BCUT2D eigenvalue weighted by molar-refractivity contribution is -0.142. The molecule has 0 saturated carbocycles. The van der Waals surface area contributed by atoms with Crippen LogP contribution in [0.1, 0.15) is 59.6 Å². The van der Waals surface area contributed by atoms with Crippen molar-refractivity contribution in [1.82, 2.24) is 19.9 Å². The number of hydrogen-bond acceptors (Lipinski definition) is 7. The lowest BCUT2D eigenvalue weighted by atomic mass is 10.0. The third-order valence-electron chi connectivity index (χ3n) is 6.79. The molecule has 1 aliphatic carbocycles. The van der Waals surface area contributed by atoms with Gasteiger partial charge in [-0.2, -0.15) is 4.98 Å². The second kappa shape index (κ2) is 10.0. The zero-order chi connectivity index (χ0) is 23.8. The van der Waals surface area contributed by atoms with E-state index in [2.05, 4.69) is 20.2 Å². The Morgan fingerprint density at radius 1 is 1.17 bits per heavy atom. The van der Waals surface area contributed by atoms with Crippen molar-refractivity contribution >= 4 is 41.3 Å². The van der Waals surface area contributed by atoms with E-state index in [0.29, 0.717) is 29.9 Å². The number of halogens is 1. The van der Waals surface area contributed by atoms with Gasteiger partial charge in [-0.3, -0.25) is 14.4 Å². The van der Waals surface area contributed by atoms with Gasteiger partial charge in [0.25, 0.3) is 5.91 Å². The van der Waals surface area contributed by atoms with Gasteiger partial charge in [-0.1, -0.05) is 24.3 Å². The van der Waals surface area contributed by atoms with Crippen molar-refractivity contribution in [2.24, 2.45) is 0 Å². The smallest absolute Gasteiger partial charge is 0.313 e. The van der Waals surface area contributed by atoms with Gasteiger partial charge in [-0.15, -0.1) is 12.4 Å². The molecule has 1 aromatic carbocycles. The summed E-state index contributed by atoms with van der Waals surface area (Å²) in [4.78, 5) is 50.0. The number of rotatable bonds is 5. The Bertz CT molecular complexity index is 1340. The number of aromatic nitrogens is 3. The quantitative estimate of drug-likeness (QED) is 0.540. The number of fused-ring (bicyclic) bond motifs is 2. The molecule has 35 heavy (non-hydrogen) atoms. The summed E-state index contributed by atoms with van der Waals surface area (Å²) >= 11 is 0. The van der Waals surface area contributed by atoms with Gasteiger partial charge >= 0.3 is 5.97 Å². The Balaban J connectivity index is 0.00000289. The fourth-order valence-electron chi connectivity index (χ4n) is 5.01. The van der Waals surface area contributed by atoms with Crippen molar-refractivity contribution in [2.45, 2.75) is 44.7 Å². The third kappa shape index (κ3) is 4.36. The van der Waals surface area contributed by atoms with Crippen LogP contribution in [0.2, 0.25) is 0 Å². The number of esters is 1. The SMILES string of the molecule is CCn1cc(C(=O)NC2CC(C(=O)OC)c3ccccc32)c(=O)c2cnc(N3CCCC3)nc21.Cl. The number of hydrogen-bond donors (Lipinski definition) is 1. The summed E-state index contributed by atoms with van der Waals surface area (Å²) in [6.45, 7) is 4.29. The molecule has 1 amide bonds. The molecule has 3 aromatic rings. The van der Waals surface area contributed by atoms with Gasteiger partial charge in [0, 0.05) is 32.0 Å². The first kappa shape index (κ1) is 24.7.